The first-order valence-corrected chi connectivity index (χ1v) is 6.89. The van der Waals surface area contributed by atoms with Gasteiger partial charge in [-0.25, -0.2) is 9.97 Å². The maximum absolute atomic E-state index is 11.5. The molecule has 0 aliphatic carbocycles. The average molecular weight is 293 g/mol. The van der Waals surface area contributed by atoms with Crippen LogP contribution in [0.2, 0.25) is 5.02 Å². The third-order valence-electron chi connectivity index (χ3n) is 3.60. The summed E-state index contributed by atoms with van der Waals surface area (Å²) in [6.45, 7) is 0. The molecule has 0 aliphatic heterocycles. The molecule has 0 saturated heterocycles. The van der Waals surface area contributed by atoms with Gasteiger partial charge in [0.1, 0.15) is 5.52 Å². The Labute approximate surface area is 125 Å². The molecule has 0 saturated carbocycles. The molecule has 0 atom stereocenters. The van der Waals surface area contributed by atoms with E-state index in [2.05, 4.69) is 9.97 Å². The molecule has 0 amide bonds. The topological polar surface area (TPSA) is 42.9 Å². The Bertz CT molecular complexity index is 1030. The van der Waals surface area contributed by atoms with Gasteiger partial charge in [0.05, 0.1) is 27.1 Å². The van der Waals surface area contributed by atoms with Gasteiger partial charge in [0.25, 0.3) is 0 Å². The first kappa shape index (κ1) is 12.2. The lowest BCUT2D eigenvalue weighted by atomic mass is 10.0. The van der Waals surface area contributed by atoms with Crippen LogP contribution in [-0.4, -0.2) is 16.3 Å². The Morgan fingerprint density at radius 3 is 2.05 bits per heavy atom. The Kier molecular flexibility index (Phi) is 2.62. The van der Waals surface area contributed by atoms with Crippen molar-refractivity contribution in [2.45, 2.75) is 0 Å². The van der Waals surface area contributed by atoms with Crippen LogP contribution >= 0.6 is 11.6 Å². The number of nitrogens with zero attached hydrogens (tertiary/aromatic N) is 2. The highest BCUT2D eigenvalue weighted by molar-refractivity contribution is 6.40. The summed E-state index contributed by atoms with van der Waals surface area (Å²) < 4.78 is 0. The Balaban J connectivity index is 2.35. The van der Waals surface area contributed by atoms with Crippen LogP contribution in [0.1, 0.15) is 10.4 Å². The average Bonchev–Trinajstić information content (AvgIpc) is 2.54. The third kappa shape index (κ3) is 1.71. The summed E-state index contributed by atoms with van der Waals surface area (Å²) in [5.74, 6) is 0. The molecule has 0 N–H and O–H groups in total. The smallest absolute Gasteiger partial charge is 0.153 e. The lowest BCUT2D eigenvalue weighted by Crippen LogP contribution is -1.95. The molecule has 1 aromatic heterocycles. The quantitative estimate of drug-likeness (QED) is 0.297. The standard InChI is InChI=1S/C17H9ClN2O/c18-15-10-5-1-2-6-11(10)16-17(12(15)9-21)20-14-8-4-3-7-13(14)19-16/h1-9H. The molecule has 4 rings (SSSR count). The fourth-order valence-electron chi connectivity index (χ4n) is 2.61. The summed E-state index contributed by atoms with van der Waals surface area (Å²) in [5, 5.41) is 2.15. The fourth-order valence-corrected chi connectivity index (χ4v) is 2.91. The van der Waals surface area contributed by atoms with Crippen molar-refractivity contribution in [1.82, 2.24) is 9.97 Å². The number of hydrogen-bond acceptors (Lipinski definition) is 3. The van der Waals surface area contributed by atoms with Gasteiger partial charge >= 0.3 is 0 Å². The van der Waals surface area contributed by atoms with E-state index in [4.69, 9.17) is 11.6 Å². The minimum atomic E-state index is 0.392. The summed E-state index contributed by atoms with van der Waals surface area (Å²) in [6.07, 6.45) is 0.751. The minimum Gasteiger partial charge on any atom is -0.298 e. The monoisotopic (exact) mass is 292 g/mol. The van der Waals surface area contributed by atoms with Crippen molar-refractivity contribution in [2.24, 2.45) is 0 Å². The lowest BCUT2D eigenvalue weighted by molar-refractivity contribution is 0.112. The van der Waals surface area contributed by atoms with Crippen molar-refractivity contribution in [3.05, 3.63) is 59.1 Å². The predicted octanol–water partition coefficient (Wildman–Crippen LogP) is 4.40. The normalized spacial score (nSPS) is 11.3. The van der Waals surface area contributed by atoms with Crippen LogP contribution in [-0.2, 0) is 0 Å². The largest absolute Gasteiger partial charge is 0.298 e. The predicted molar refractivity (Wildman–Crippen MR) is 84.9 cm³/mol. The van der Waals surface area contributed by atoms with Crippen LogP contribution in [0.25, 0.3) is 32.8 Å². The molecule has 0 bridgehead atoms. The molecular weight excluding hydrogens is 284 g/mol. The maximum atomic E-state index is 11.5. The van der Waals surface area contributed by atoms with E-state index in [0.29, 0.717) is 21.6 Å². The van der Waals surface area contributed by atoms with Gasteiger partial charge in [-0.3, -0.25) is 4.79 Å². The van der Waals surface area contributed by atoms with E-state index in [9.17, 15) is 4.79 Å². The summed E-state index contributed by atoms with van der Waals surface area (Å²) >= 11 is 6.37. The van der Waals surface area contributed by atoms with E-state index < -0.39 is 0 Å². The van der Waals surface area contributed by atoms with Crippen molar-refractivity contribution in [3.8, 4) is 0 Å². The number of aldehydes is 1. The van der Waals surface area contributed by atoms with Gasteiger partial charge in [-0.2, -0.15) is 0 Å². The molecule has 3 nitrogen and oxygen atoms in total. The Morgan fingerprint density at radius 1 is 0.810 bits per heavy atom. The van der Waals surface area contributed by atoms with Crippen molar-refractivity contribution in [3.63, 3.8) is 0 Å². The van der Waals surface area contributed by atoms with E-state index >= 15 is 0 Å². The van der Waals surface area contributed by atoms with Gasteiger partial charge < -0.3 is 0 Å². The van der Waals surface area contributed by atoms with E-state index in [0.717, 1.165) is 28.1 Å². The van der Waals surface area contributed by atoms with Crippen LogP contribution in [0.15, 0.2) is 48.5 Å². The summed E-state index contributed by atoms with van der Waals surface area (Å²) in [4.78, 5) is 20.7. The van der Waals surface area contributed by atoms with E-state index in [-0.39, 0.29) is 0 Å². The van der Waals surface area contributed by atoms with E-state index in [1.165, 1.54) is 0 Å². The molecule has 0 radical (unpaired) electrons. The number of benzene rings is 3. The van der Waals surface area contributed by atoms with Crippen molar-refractivity contribution >= 4 is 50.7 Å². The van der Waals surface area contributed by atoms with Crippen LogP contribution in [0.5, 0.6) is 0 Å². The highest BCUT2D eigenvalue weighted by atomic mass is 35.5. The van der Waals surface area contributed by atoms with Crippen molar-refractivity contribution in [1.29, 1.82) is 0 Å². The number of carbonyl (C=O) groups excluding carboxylic acids is 1. The van der Waals surface area contributed by atoms with Crippen LogP contribution in [0, 0.1) is 0 Å². The summed E-state index contributed by atoms with van der Waals surface area (Å²) in [6, 6.07) is 15.3. The Hall–Kier alpha value is -2.52. The zero-order chi connectivity index (χ0) is 14.4. The first-order chi connectivity index (χ1) is 10.3. The van der Waals surface area contributed by atoms with Gasteiger partial charge in [0.2, 0.25) is 0 Å². The summed E-state index contributed by atoms with van der Waals surface area (Å²) in [5.41, 5.74) is 3.19. The second-order valence-electron chi connectivity index (χ2n) is 4.80. The van der Waals surface area contributed by atoms with Gasteiger partial charge in [-0.15, -0.1) is 0 Å². The highest BCUT2D eigenvalue weighted by Crippen LogP contribution is 2.34. The molecule has 21 heavy (non-hydrogen) atoms. The second kappa shape index (κ2) is 4.50. The number of para-hydroxylation sites is 2. The fraction of sp³-hybridized carbons (Fsp3) is 0. The van der Waals surface area contributed by atoms with Gasteiger partial charge in [-0.05, 0) is 12.1 Å². The third-order valence-corrected chi connectivity index (χ3v) is 4.01. The molecule has 3 aromatic carbocycles. The minimum absolute atomic E-state index is 0.392. The van der Waals surface area contributed by atoms with E-state index in [1.807, 2.05) is 48.5 Å². The van der Waals surface area contributed by atoms with Crippen LogP contribution < -0.4 is 0 Å². The second-order valence-corrected chi connectivity index (χ2v) is 5.18. The molecule has 4 heteroatoms. The van der Waals surface area contributed by atoms with Gasteiger partial charge in [0, 0.05) is 10.8 Å². The molecule has 0 fully saturated rings. The molecule has 0 spiro atoms. The number of carbonyl (C=O) groups is 1. The highest BCUT2D eigenvalue weighted by Gasteiger charge is 2.15. The maximum Gasteiger partial charge on any atom is 0.153 e. The zero-order valence-corrected chi connectivity index (χ0v) is 11.6. The zero-order valence-electron chi connectivity index (χ0n) is 10.9. The SMILES string of the molecule is O=Cc1c(Cl)c2ccccc2c2nc3ccccc3nc12. The van der Waals surface area contributed by atoms with Crippen molar-refractivity contribution in [2.75, 3.05) is 0 Å². The van der Waals surface area contributed by atoms with Gasteiger partial charge in [-0.1, -0.05) is 48.0 Å². The number of halogens is 1. The molecule has 100 valence electrons. The lowest BCUT2D eigenvalue weighted by Gasteiger charge is -2.09. The molecule has 4 aromatic rings. The van der Waals surface area contributed by atoms with E-state index in [1.54, 1.807) is 0 Å². The number of hydrogen-bond donors (Lipinski definition) is 0. The molecule has 0 unspecified atom stereocenters. The number of fused-ring (bicyclic) bond motifs is 4. The molecule has 1 heterocycles. The Morgan fingerprint density at radius 2 is 1.38 bits per heavy atom. The molecular formula is C17H9ClN2O. The number of rotatable bonds is 1. The molecule has 0 aliphatic rings. The van der Waals surface area contributed by atoms with Crippen LogP contribution in [0.4, 0.5) is 0 Å². The first-order valence-electron chi connectivity index (χ1n) is 6.51. The number of aromatic nitrogens is 2. The van der Waals surface area contributed by atoms with Crippen LogP contribution in [0.3, 0.4) is 0 Å². The van der Waals surface area contributed by atoms with Gasteiger partial charge in [0.15, 0.2) is 6.29 Å². The summed E-state index contributed by atoms with van der Waals surface area (Å²) in [7, 11) is 0. The van der Waals surface area contributed by atoms with Crippen molar-refractivity contribution < 1.29 is 4.79 Å².